The Bertz CT molecular complexity index is 912. The fourth-order valence-electron chi connectivity index (χ4n) is 4.40. The lowest BCUT2D eigenvalue weighted by molar-refractivity contribution is -0.154. The van der Waals surface area contributed by atoms with Gasteiger partial charge in [0, 0.05) is 19.3 Å². The number of esters is 1. The number of aromatic nitrogens is 1. The molecule has 1 aliphatic rings. The summed E-state index contributed by atoms with van der Waals surface area (Å²) in [4.78, 5) is 30.3. The molecule has 0 bridgehead atoms. The molecule has 7 nitrogen and oxygen atoms in total. The molecule has 2 heterocycles. The van der Waals surface area contributed by atoms with Crippen LogP contribution >= 0.6 is 0 Å². The zero-order valence-corrected chi connectivity index (χ0v) is 21.6. The summed E-state index contributed by atoms with van der Waals surface area (Å²) < 4.78 is 11.0. The number of aryl methyl sites for hydroxylation is 1. The molecule has 190 valence electrons. The van der Waals surface area contributed by atoms with Gasteiger partial charge in [-0.1, -0.05) is 39.3 Å². The Morgan fingerprint density at radius 1 is 1.21 bits per heavy atom. The van der Waals surface area contributed by atoms with Crippen molar-refractivity contribution in [3.63, 3.8) is 0 Å². The normalized spacial score (nSPS) is 32.1. The van der Waals surface area contributed by atoms with E-state index in [4.69, 9.17) is 9.15 Å². The highest BCUT2D eigenvalue weighted by atomic mass is 16.5. The molecule has 0 amide bonds. The second-order valence-corrected chi connectivity index (χ2v) is 10.4. The predicted molar refractivity (Wildman–Crippen MR) is 131 cm³/mol. The lowest BCUT2D eigenvalue weighted by Crippen LogP contribution is -2.45. The molecule has 1 aromatic heterocycles. The first-order valence-corrected chi connectivity index (χ1v) is 12.2. The van der Waals surface area contributed by atoms with E-state index in [-0.39, 0.29) is 18.1 Å². The van der Waals surface area contributed by atoms with Gasteiger partial charge in [-0.15, -0.1) is 0 Å². The van der Waals surface area contributed by atoms with E-state index < -0.39 is 35.6 Å². The summed E-state index contributed by atoms with van der Waals surface area (Å²) in [5, 5.41) is 21.6. The molecule has 0 radical (unpaired) electrons. The summed E-state index contributed by atoms with van der Waals surface area (Å²) in [5.74, 6) is -0.995. The number of allylic oxidation sites excluding steroid dienone is 1. The van der Waals surface area contributed by atoms with E-state index in [2.05, 4.69) is 11.1 Å². The SMILES string of the molecule is C/C(=C/c1coc(C)n1)[C@@H]1C/C=C(\C)CCC[C@H](C)[C@H](O)[C@@H](C)C(=O)C(C)(C)[C@@H](O)CC(=O)O1. The number of cyclic esters (lactones) is 1. The van der Waals surface area contributed by atoms with Crippen molar-refractivity contribution in [1.82, 2.24) is 4.98 Å². The van der Waals surface area contributed by atoms with E-state index in [1.165, 1.54) is 5.57 Å². The molecule has 0 aromatic carbocycles. The average molecular weight is 476 g/mol. The minimum atomic E-state index is -1.23. The first-order chi connectivity index (χ1) is 15.8. The van der Waals surface area contributed by atoms with Gasteiger partial charge in [-0.3, -0.25) is 9.59 Å². The molecule has 0 fully saturated rings. The third-order valence-electron chi connectivity index (χ3n) is 7.04. The highest BCUT2D eigenvalue weighted by molar-refractivity contribution is 5.88. The second kappa shape index (κ2) is 11.9. The zero-order valence-electron chi connectivity index (χ0n) is 21.6. The van der Waals surface area contributed by atoms with E-state index in [1.54, 1.807) is 34.0 Å². The summed E-state index contributed by atoms with van der Waals surface area (Å²) in [5.41, 5.74) is 1.42. The molecule has 0 saturated carbocycles. The van der Waals surface area contributed by atoms with Crippen LogP contribution in [0.2, 0.25) is 0 Å². The van der Waals surface area contributed by atoms with Gasteiger partial charge in [-0.05, 0) is 50.7 Å². The number of aliphatic hydroxyl groups excluding tert-OH is 2. The fourth-order valence-corrected chi connectivity index (χ4v) is 4.40. The van der Waals surface area contributed by atoms with Crippen LogP contribution in [0.5, 0.6) is 0 Å². The average Bonchev–Trinajstić information content (AvgIpc) is 3.18. The van der Waals surface area contributed by atoms with Crippen LogP contribution in [0.3, 0.4) is 0 Å². The molecular formula is C27H41NO6. The standard InChI is InChI=1S/C27H41NO6/c1-16-9-8-10-17(2)25(31)19(4)26(32)27(6,7)23(29)14-24(30)34-22(12-11-16)18(3)13-21-15-33-20(5)28-21/h11,13,15,17,19,22-23,25,29,31H,8-10,12,14H2,1-7H3/b16-11+,18-13-/t17-,19+,22-,23-,25-/m0/s1. The van der Waals surface area contributed by atoms with Crippen molar-refractivity contribution >= 4 is 17.8 Å². The highest BCUT2D eigenvalue weighted by Crippen LogP contribution is 2.32. The quantitative estimate of drug-likeness (QED) is 0.467. The van der Waals surface area contributed by atoms with E-state index in [9.17, 15) is 19.8 Å². The van der Waals surface area contributed by atoms with Gasteiger partial charge in [0.25, 0.3) is 0 Å². The number of ether oxygens (including phenoxy) is 1. The van der Waals surface area contributed by atoms with Crippen molar-refractivity contribution in [3.8, 4) is 0 Å². The summed E-state index contributed by atoms with van der Waals surface area (Å²) in [6, 6.07) is 0. The molecule has 0 aliphatic carbocycles. The topological polar surface area (TPSA) is 110 Å². The number of ketones is 1. The molecule has 0 unspecified atom stereocenters. The molecule has 0 saturated heterocycles. The maximum absolute atomic E-state index is 13.2. The number of hydrogen-bond acceptors (Lipinski definition) is 7. The summed E-state index contributed by atoms with van der Waals surface area (Å²) in [6.45, 7) is 12.6. The molecule has 34 heavy (non-hydrogen) atoms. The van der Waals surface area contributed by atoms with E-state index in [1.807, 2.05) is 26.8 Å². The first-order valence-electron chi connectivity index (χ1n) is 12.2. The van der Waals surface area contributed by atoms with Gasteiger partial charge in [0.15, 0.2) is 5.89 Å². The van der Waals surface area contributed by atoms with Crippen LogP contribution < -0.4 is 0 Å². The monoisotopic (exact) mass is 475 g/mol. The predicted octanol–water partition coefficient (Wildman–Crippen LogP) is 4.80. The molecule has 7 heteroatoms. The number of nitrogens with zero attached hydrogens (tertiary/aromatic N) is 1. The largest absolute Gasteiger partial charge is 0.457 e. The van der Waals surface area contributed by atoms with Gasteiger partial charge in [-0.25, -0.2) is 4.98 Å². The van der Waals surface area contributed by atoms with Crippen molar-refractivity contribution in [2.75, 3.05) is 0 Å². The maximum atomic E-state index is 13.2. The van der Waals surface area contributed by atoms with E-state index in [0.717, 1.165) is 24.8 Å². The van der Waals surface area contributed by atoms with Crippen LogP contribution in [0, 0.1) is 24.2 Å². The Kier molecular flexibility index (Phi) is 9.83. The number of hydrogen-bond donors (Lipinski definition) is 2. The van der Waals surface area contributed by atoms with Crippen molar-refractivity contribution in [1.29, 1.82) is 0 Å². The molecule has 2 N–H and O–H groups in total. The fraction of sp³-hybridized carbons (Fsp3) is 0.667. The Morgan fingerprint density at radius 2 is 1.88 bits per heavy atom. The van der Waals surface area contributed by atoms with E-state index >= 15 is 0 Å². The van der Waals surface area contributed by atoms with Crippen LogP contribution in [0.1, 0.15) is 85.2 Å². The third-order valence-corrected chi connectivity index (χ3v) is 7.04. The number of oxazole rings is 1. The van der Waals surface area contributed by atoms with Gasteiger partial charge >= 0.3 is 5.97 Å². The molecule has 2 rings (SSSR count). The van der Waals surface area contributed by atoms with Crippen molar-refractivity contribution in [2.45, 2.75) is 98.9 Å². The minimum Gasteiger partial charge on any atom is -0.457 e. The van der Waals surface area contributed by atoms with Crippen LogP contribution in [0.4, 0.5) is 0 Å². The first kappa shape index (κ1) is 28.0. The minimum absolute atomic E-state index is 0.0543. The van der Waals surface area contributed by atoms with Gasteiger partial charge in [0.1, 0.15) is 23.8 Å². The van der Waals surface area contributed by atoms with Crippen molar-refractivity contribution < 1.29 is 29.0 Å². The van der Waals surface area contributed by atoms with Crippen LogP contribution in [0.15, 0.2) is 27.9 Å². The number of carbonyl (C=O) groups excluding carboxylic acids is 2. The summed E-state index contributed by atoms with van der Waals surface area (Å²) in [6.07, 6.45) is 5.58. The van der Waals surface area contributed by atoms with Crippen LogP contribution in [-0.2, 0) is 14.3 Å². The Morgan fingerprint density at radius 3 is 2.50 bits per heavy atom. The lowest BCUT2D eigenvalue weighted by Gasteiger charge is -2.34. The highest BCUT2D eigenvalue weighted by Gasteiger charge is 2.42. The molecule has 5 atom stereocenters. The van der Waals surface area contributed by atoms with Crippen molar-refractivity contribution in [3.05, 3.63) is 35.1 Å². The van der Waals surface area contributed by atoms with Gasteiger partial charge in [-0.2, -0.15) is 0 Å². The molecule has 1 aromatic rings. The van der Waals surface area contributed by atoms with E-state index in [0.29, 0.717) is 18.0 Å². The van der Waals surface area contributed by atoms with Gasteiger partial charge in [0.2, 0.25) is 0 Å². The zero-order chi connectivity index (χ0) is 25.6. The number of Topliss-reactive ketones (excluding diaryl/α,β-unsaturated/α-hetero) is 1. The summed E-state index contributed by atoms with van der Waals surface area (Å²) >= 11 is 0. The lowest BCUT2D eigenvalue weighted by atomic mass is 9.73. The number of rotatable bonds is 2. The smallest absolute Gasteiger partial charge is 0.309 e. The maximum Gasteiger partial charge on any atom is 0.309 e. The van der Waals surface area contributed by atoms with Crippen LogP contribution in [-0.4, -0.2) is 45.3 Å². The van der Waals surface area contributed by atoms with Crippen molar-refractivity contribution in [2.24, 2.45) is 17.3 Å². The molecule has 1 aliphatic heterocycles. The van der Waals surface area contributed by atoms with Crippen LogP contribution in [0.25, 0.3) is 6.08 Å². The van der Waals surface area contributed by atoms with Gasteiger partial charge < -0.3 is 19.4 Å². The Hall–Kier alpha value is -2.25. The molecular weight excluding hydrogens is 434 g/mol. The summed E-state index contributed by atoms with van der Waals surface area (Å²) in [7, 11) is 0. The number of aliphatic hydroxyl groups is 2. The number of carbonyl (C=O) groups is 2. The van der Waals surface area contributed by atoms with Gasteiger partial charge in [0.05, 0.1) is 24.0 Å². The second-order valence-electron chi connectivity index (χ2n) is 10.4. The Balaban J connectivity index is 2.33. The third kappa shape index (κ3) is 7.37. The Labute approximate surface area is 203 Å². The molecule has 0 spiro atoms.